The number of aromatic nitrogens is 3. The average Bonchev–Trinajstić information content (AvgIpc) is 2.91. The largest absolute Gasteiger partial charge is 0.497 e. The minimum Gasteiger partial charge on any atom is -0.497 e. The van der Waals surface area contributed by atoms with Crippen molar-refractivity contribution in [1.82, 2.24) is 20.1 Å². The normalized spacial score (nSPS) is 10.8. The average molecular weight is 334 g/mol. The van der Waals surface area contributed by atoms with Gasteiger partial charge in [0.1, 0.15) is 5.75 Å². The maximum absolute atomic E-state index is 12.1. The zero-order chi connectivity index (χ0) is 16.8. The number of rotatable bonds is 7. The summed E-state index contributed by atoms with van der Waals surface area (Å²) in [5.74, 6) is 2.89. The lowest BCUT2D eigenvalue weighted by Crippen LogP contribution is -2.24. The minimum atomic E-state index is -0.146. The van der Waals surface area contributed by atoms with Crippen molar-refractivity contribution in [2.24, 2.45) is 13.0 Å². The van der Waals surface area contributed by atoms with E-state index in [4.69, 9.17) is 4.74 Å². The van der Waals surface area contributed by atoms with Crippen molar-refractivity contribution < 1.29 is 9.53 Å². The highest BCUT2D eigenvalue weighted by molar-refractivity contribution is 7.99. The first-order chi connectivity index (χ1) is 11.0. The number of nitrogens with one attached hydrogen (secondary N) is 1. The number of thioether (sulfide) groups is 1. The number of nitrogens with zero attached hydrogens (tertiary/aromatic N) is 3. The van der Waals surface area contributed by atoms with Crippen LogP contribution in [0.25, 0.3) is 0 Å². The van der Waals surface area contributed by atoms with E-state index in [9.17, 15) is 4.79 Å². The predicted octanol–water partition coefficient (Wildman–Crippen LogP) is 2.50. The number of amides is 1. The summed E-state index contributed by atoms with van der Waals surface area (Å²) in [6.07, 6.45) is 0. The summed E-state index contributed by atoms with van der Waals surface area (Å²) in [5.41, 5.74) is 0.586. The molecule has 124 valence electrons. The SMILES string of the molecule is COc1ccc(C(=O)NCc2nnc(SCC(C)C)n2C)cc1. The number of benzene rings is 1. The molecule has 0 spiro atoms. The molecular weight excluding hydrogens is 312 g/mol. The van der Waals surface area contributed by atoms with Gasteiger partial charge in [0.05, 0.1) is 13.7 Å². The Morgan fingerprint density at radius 1 is 1.30 bits per heavy atom. The summed E-state index contributed by atoms with van der Waals surface area (Å²) in [7, 11) is 3.51. The van der Waals surface area contributed by atoms with E-state index < -0.39 is 0 Å². The molecule has 0 radical (unpaired) electrons. The molecule has 7 heteroatoms. The molecular formula is C16H22N4O2S. The Labute approximate surface area is 140 Å². The van der Waals surface area contributed by atoms with Gasteiger partial charge < -0.3 is 14.6 Å². The second-order valence-electron chi connectivity index (χ2n) is 5.57. The maximum Gasteiger partial charge on any atom is 0.251 e. The van der Waals surface area contributed by atoms with Crippen LogP contribution in [0.15, 0.2) is 29.4 Å². The van der Waals surface area contributed by atoms with Crippen molar-refractivity contribution in [2.75, 3.05) is 12.9 Å². The Morgan fingerprint density at radius 3 is 2.61 bits per heavy atom. The second-order valence-corrected chi connectivity index (χ2v) is 6.56. The van der Waals surface area contributed by atoms with Crippen molar-refractivity contribution in [1.29, 1.82) is 0 Å². The second kappa shape index (κ2) is 8.01. The first kappa shape index (κ1) is 17.3. The monoisotopic (exact) mass is 334 g/mol. The van der Waals surface area contributed by atoms with Gasteiger partial charge in [-0.15, -0.1) is 10.2 Å². The Bertz CT molecular complexity index is 653. The first-order valence-corrected chi connectivity index (χ1v) is 8.43. The highest BCUT2D eigenvalue weighted by Crippen LogP contribution is 2.18. The predicted molar refractivity (Wildman–Crippen MR) is 90.7 cm³/mol. The fourth-order valence-corrected chi connectivity index (χ4v) is 2.75. The molecule has 0 aliphatic rings. The molecule has 0 fully saturated rings. The van der Waals surface area contributed by atoms with Crippen molar-refractivity contribution >= 4 is 17.7 Å². The third-order valence-corrected chi connectivity index (χ3v) is 4.68. The summed E-state index contributed by atoms with van der Waals surface area (Å²) in [5, 5.41) is 12.0. The third kappa shape index (κ3) is 4.72. The smallest absolute Gasteiger partial charge is 0.251 e. The van der Waals surface area contributed by atoms with E-state index in [0.29, 0.717) is 18.0 Å². The number of hydrogen-bond donors (Lipinski definition) is 1. The van der Waals surface area contributed by atoms with Gasteiger partial charge in [-0.25, -0.2) is 0 Å². The molecule has 0 aliphatic carbocycles. The lowest BCUT2D eigenvalue weighted by atomic mass is 10.2. The summed E-state index contributed by atoms with van der Waals surface area (Å²) < 4.78 is 7.00. The van der Waals surface area contributed by atoms with Crippen LogP contribution in [0, 0.1) is 5.92 Å². The molecule has 1 heterocycles. The van der Waals surface area contributed by atoms with Crippen LogP contribution in [0.4, 0.5) is 0 Å². The van der Waals surface area contributed by atoms with Gasteiger partial charge in [0, 0.05) is 18.4 Å². The first-order valence-electron chi connectivity index (χ1n) is 7.44. The Hall–Kier alpha value is -2.02. The molecule has 1 aromatic carbocycles. The molecule has 2 rings (SSSR count). The van der Waals surface area contributed by atoms with Crippen LogP contribution in [0.2, 0.25) is 0 Å². The summed E-state index contributed by atoms with van der Waals surface area (Å²) in [4.78, 5) is 12.1. The van der Waals surface area contributed by atoms with Crippen molar-refractivity contribution in [3.05, 3.63) is 35.7 Å². The number of ether oxygens (including phenoxy) is 1. The Balaban J connectivity index is 1.93. The van der Waals surface area contributed by atoms with Crippen molar-refractivity contribution in [3.8, 4) is 5.75 Å². The molecule has 0 saturated carbocycles. The third-order valence-electron chi connectivity index (χ3n) is 3.23. The molecule has 0 saturated heterocycles. The zero-order valence-electron chi connectivity index (χ0n) is 13.9. The highest BCUT2D eigenvalue weighted by atomic mass is 32.2. The lowest BCUT2D eigenvalue weighted by molar-refractivity contribution is 0.0949. The van der Waals surface area contributed by atoms with Crippen LogP contribution in [0.3, 0.4) is 0 Å². The highest BCUT2D eigenvalue weighted by Gasteiger charge is 2.12. The molecule has 1 N–H and O–H groups in total. The van der Waals surface area contributed by atoms with Gasteiger partial charge in [-0.2, -0.15) is 0 Å². The number of carbonyl (C=O) groups is 1. The van der Waals surface area contributed by atoms with E-state index in [2.05, 4.69) is 29.4 Å². The van der Waals surface area contributed by atoms with E-state index in [0.717, 1.165) is 22.5 Å². The Morgan fingerprint density at radius 2 is 2.00 bits per heavy atom. The van der Waals surface area contributed by atoms with Crippen LogP contribution in [-0.4, -0.2) is 33.5 Å². The van der Waals surface area contributed by atoms with Gasteiger partial charge in [0.15, 0.2) is 11.0 Å². The zero-order valence-corrected chi connectivity index (χ0v) is 14.7. The number of methoxy groups -OCH3 is 1. The van der Waals surface area contributed by atoms with Gasteiger partial charge in [-0.05, 0) is 30.2 Å². The molecule has 0 atom stereocenters. The van der Waals surface area contributed by atoms with Crippen LogP contribution in [0.5, 0.6) is 5.75 Å². The number of carbonyl (C=O) groups excluding carboxylic acids is 1. The molecule has 1 amide bonds. The van der Waals surface area contributed by atoms with Gasteiger partial charge >= 0.3 is 0 Å². The van der Waals surface area contributed by atoms with Crippen LogP contribution in [0.1, 0.15) is 30.0 Å². The van der Waals surface area contributed by atoms with Gasteiger partial charge in [0.25, 0.3) is 5.91 Å². The molecule has 6 nitrogen and oxygen atoms in total. The quantitative estimate of drug-likeness (QED) is 0.788. The van der Waals surface area contributed by atoms with Crippen molar-refractivity contribution in [3.63, 3.8) is 0 Å². The van der Waals surface area contributed by atoms with Crippen LogP contribution >= 0.6 is 11.8 Å². The van der Waals surface area contributed by atoms with Crippen LogP contribution < -0.4 is 10.1 Å². The van der Waals surface area contributed by atoms with E-state index in [1.54, 1.807) is 43.1 Å². The topological polar surface area (TPSA) is 69.0 Å². The summed E-state index contributed by atoms with van der Waals surface area (Å²) in [6.45, 7) is 4.68. The van der Waals surface area contributed by atoms with Crippen LogP contribution in [-0.2, 0) is 13.6 Å². The lowest BCUT2D eigenvalue weighted by Gasteiger charge is -2.07. The van der Waals surface area contributed by atoms with Crippen molar-refractivity contribution in [2.45, 2.75) is 25.5 Å². The molecule has 0 aliphatic heterocycles. The summed E-state index contributed by atoms with van der Waals surface area (Å²) >= 11 is 1.67. The maximum atomic E-state index is 12.1. The summed E-state index contributed by atoms with van der Waals surface area (Å²) in [6, 6.07) is 6.99. The minimum absolute atomic E-state index is 0.146. The van der Waals surface area contributed by atoms with E-state index >= 15 is 0 Å². The Kier molecular flexibility index (Phi) is 6.04. The standard InChI is InChI=1S/C16H22N4O2S/c1-11(2)10-23-16-19-18-14(20(16)3)9-17-15(21)12-5-7-13(22-4)8-6-12/h5-8,11H,9-10H2,1-4H3,(H,17,21). The molecule has 1 aromatic heterocycles. The van der Waals surface area contributed by atoms with E-state index in [-0.39, 0.29) is 5.91 Å². The van der Waals surface area contributed by atoms with Gasteiger partial charge in [-0.1, -0.05) is 25.6 Å². The van der Waals surface area contributed by atoms with Gasteiger partial charge in [-0.3, -0.25) is 4.79 Å². The van der Waals surface area contributed by atoms with E-state index in [1.807, 2.05) is 11.6 Å². The molecule has 23 heavy (non-hydrogen) atoms. The number of hydrogen-bond acceptors (Lipinski definition) is 5. The van der Waals surface area contributed by atoms with Gasteiger partial charge in [0.2, 0.25) is 0 Å². The molecule has 0 unspecified atom stereocenters. The fraction of sp³-hybridized carbons (Fsp3) is 0.438. The molecule has 2 aromatic rings. The van der Waals surface area contributed by atoms with E-state index in [1.165, 1.54) is 0 Å². The fourth-order valence-electron chi connectivity index (χ4n) is 1.87. The molecule has 0 bridgehead atoms.